The molecule has 2 aliphatic heterocycles. The monoisotopic (exact) mass is 427 g/mol. The van der Waals surface area contributed by atoms with E-state index in [4.69, 9.17) is 0 Å². The third kappa shape index (κ3) is 6.55. The van der Waals surface area contributed by atoms with Gasteiger partial charge in [0.15, 0.2) is 0 Å². The summed E-state index contributed by atoms with van der Waals surface area (Å²) < 4.78 is 0. The lowest BCUT2D eigenvalue weighted by Gasteiger charge is -2.36. The van der Waals surface area contributed by atoms with E-state index in [-0.39, 0.29) is 29.6 Å². The summed E-state index contributed by atoms with van der Waals surface area (Å²) in [5.41, 5.74) is 0.798. The number of likely N-dealkylation sites (tertiary alicyclic amines) is 2. The van der Waals surface area contributed by atoms with Crippen molar-refractivity contribution in [3.05, 3.63) is 35.9 Å². The van der Waals surface area contributed by atoms with Crippen LogP contribution in [0.3, 0.4) is 0 Å². The van der Waals surface area contributed by atoms with Gasteiger partial charge in [0.2, 0.25) is 17.7 Å². The fraction of sp³-hybridized carbons (Fsp3) is 0.640. The normalized spacial score (nSPS) is 19.1. The summed E-state index contributed by atoms with van der Waals surface area (Å²) >= 11 is 0. The van der Waals surface area contributed by atoms with Crippen LogP contribution < -0.4 is 5.32 Å². The minimum Gasteiger partial charge on any atom is -0.342 e. The number of piperidine rings is 1. The third-order valence-electron chi connectivity index (χ3n) is 6.35. The zero-order valence-electron chi connectivity index (χ0n) is 19.0. The van der Waals surface area contributed by atoms with E-state index in [1.165, 1.54) is 12.8 Å². The molecule has 0 bridgehead atoms. The van der Waals surface area contributed by atoms with Gasteiger partial charge in [-0.2, -0.15) is 0 Å². The fourth-order valence-electron chi connectivity index (χ4n) is 4.60. The molecule has 0 aromatic heterocycles. The van der Waals surface area contributed by atoms with E-state index in [1.54, 1.807) is 0 Å². The molecular formula is C25H37N3O3. The van der Waals surface area contributed by atoms with Crippen LogP contribution in [0.25, 0.3) is 0 Å². The van der Waals surface area contributed by atoms with Gasteiger partial charge in [-0.05, 0) is 37.2 Å². The van der Waals surface area contributed by atoms with Crippen molar-refractivity contribution in [2.24, 2.45) is 11.8 Å². The van der Waals surface area contributed by atoms with Crippen LogP contribution in [0.2, 0.25) is 0 Å². The van der Waals surface area contributed by atoms with Gasteiger partial charge < -0.3 is 15.1 Å². The first-order valence-electron chi connectivity index (χ1n) is 11.9. The van der Waals surface area contributed by atoms with Crippen molar-refractivity contribution in [1.29, 1.82) is 0 Å². The SMILES string of the molecule is CC(C)CC(=O)NC(C(=O)N1CCC(C(=O)N2CCCCCC2)CC1)c1ccccc1. The molecule has 2 fully saturated rings. The van der Waals surface area contributed by atoms with Crippen LogP contribution in [-0.2, 0) is 14.4 Å². The lowest BCUT2D eigenvalue weighted by Crippen LogP contribution is -2.48. The van der Waals surface area contributed by atoms with E-state index in [0.29, 0.717) is 32.4 Å². The molecule has 0 aliphatic carbocycles. The number of hydrogen-bond donors (Lipinski definition) is 1. The Morgan fingerprint density at radius 2 is 1.52 bits per heavy atom. The smallest absolute Gasteiger partial charge is 0.249 e. The number of rotatable bonds is 6. The van der Waals surface area contributed by atoms with Crippen molar-refractivity contribution in [3.8, 4) is 0 Å². The Balaban J connectivity index is 1.62. The molecule has 0 radical (unpaired) electrons. The van der Waals surface area contributed by atoms with E-state index >= 15 is 0 Å². The number of amides is 3. The van der Waals surface area contributed by atoms with Gasteiger partial charge in [-0.1, -0.05) is 57.0 Å². The number of hydrogen-bond acceptors (Lipinski definition) is 3. The zero-order chi connectivity index (χ0) is 22.2. The number of nitrogens with zero attached hydrogens (tertiary/aromatic N) is 2. The Morgan fingerprint density at radius 3 is 2.10 bits per heavy atom. The van der Waals surface area contributed by atoms with Crippen molar-refractivity contribution in [2.75, 3.05) is 26.2 Å². The second-order valence-corrected chi connectivity index (χ2v) is 9.35. The summed E-state index contributed by atoms with van der Waals surface area (Å²) in [6, 6.07) is 8.76. The van der Waals surface area contributed by atoms with Crippen LogP contribution in [-0.4, -0.2) is 53.7 Å². The first-order valence-corrected chi connectivity index (χ1v) is 11.9. The molecule has 2 saturated heterocycles. The second-order valence-electron chi connectivity index (χ2n) is 9.35. The van der Waals surface area contributed by atoms with E-state index in [9.17, 15) is 14.4 Å². The number of nitrogens with one attached hydrogen (secondary N) is 1. The molecule has 1 aromatic rings. The molecule has 3 rings (SSSR count). The molecule has 1 N–H and O–H groups in total. The quantitative estimate of drug-likeness (QED) is 0.755. The Morgan fingerprint density at radius 1 is 0.903 bits per heavy atom. The lowest BCUT2D eigenvalue weighted by atomic mass is 9.94. The zero-order valence-corrected chi connectivity index (χ0v) is 19.0. The highest BCUT2D eigenvalue weighted by Gasteiger charge is 2.34. The Kier molecular flexibility index (Phi) is 8.50. The molecule has 0 spiro atoms. The molecule has 0 saturated carbocycles. The van der Waals surface area contributed by atoms with Gasteiger partial charge in [0.05, 0.1) is 0 Å². The number of carbonyl (C=O) groups excluding carboxylic acids is 3. The van der Waals surface area contributed by atoms with Gasteiger partial charge in [-0.3, -0.25) is 14.4 Å². The van der Waals surface area contributed by atoms with E-state index in [1.807, 2.05) is 54.0 Å². The molecular weight excluding hydrogens is 390 g/mol. The minimum atomic E-state index is -0.676. The molecule has 31 heavy (non-hydrogen) atoms. The maximum atomic E-state index is 13.4. The van der Waals surface area contributed by atoms with Gasteiger partial charge >= 0.3 is 0 Å². The molecule has 1 unspecified atom stereocenters. The highest BCUT2D eigenvalue weighted by Crippen LogP contribution is 2.25. The highest BCUT2D eigenvalue weighted by molar-refractivity contribution is 5.89. The minimum absolute atomic E-state index is 0.00728. The third-order valence-corrected chi connectivity index (χ3v) is 6.35. The topological polar surface area (TPSA) is 69.7 Å². The predicted octanol–water partition coefficient (Wildman–Crippen LogP) is 3.53. The van der Waals surface area contributed by atoms with E-state index < -0.39 is 6.04 Å². The number of carbonyl (C=O) groups is 3. The summed E-state index contributed by atoms with van der Waals surface area (Å²) in [4.78, 5) is 42.6. The van der Waals surface area contributed by atoms with E-state index in [2.05, 4.69) is 5.32 Å². The highest BCUT2D eigenvalue weighted by atomic mass is 16.2. The molecule has 6 heteroatoms. The van der Waals surface area contributed by atoms with E-state index in [0.717, 1.165) is 31.5 Å². The van der Waals surface area contributed by atoms with Crippen LogP contribution in [0.4, 0.5) is 0 Å². The Labute approximate surface area is 186 Å². The lowest BCUT2D eigenvalue weighted by molar-refractivity contribution is -0.142. The second kappa shape index (κ2) is 11.3. The van der Waals surface area contributed by atoms with Crippen molar-refractivity contribution in [1.82, 2.24) is 15.1 Å². The molecule has 1 atom stereocenters. The standard InChI is InChI=1S/C25H37N3O3/c1-19(2)18-22(29)26-23(20-10-6-5-7-11-20)25(31)28-16-12-21(13-17-28)24(30)27-14-8-3-4-9-15-27/h5-7,10-11,19,21,23H,3-4,8-9,12-18H2,1-2H3,(H,26,29). The molecule has 2 aliphatic rings. The van der Waals surface area contributed by atoms with Crippen LogP contribution in [0.5, 0.6) is 0 Å². The van der Waals surface area contributed by atoms with Crippen LogP contribution in [0, 0.1) is 11.8 Å². The largest absolute Gasteiger partial charge is 0.342 e. The first-order chi connectivity index (χ1) is 15.0. The van der Waals surface area contributed by atoms with Crippen molar-refractivity contribution < 1.29 is 14.4 Å². The number of benzene rings is 1. The summed E-state index contributed by atoms with van der Waals surface area (Å²) in [5.74, 6) is 0.311. The predicted molar refractivity (Wildman–Crippen MR) is 121 cm³/mol. The molecule has 2 heterocycles. The summed E-state index contributed by atoms with van der Waals surface area (Å²) in [6.07, 6.45) is 6.39. The maximum Gasteiger partial charge on any atom is 0.249 e. The van der Waals surface area contributed by atoms with Gasteiger partial charge in [0, 0.05) is 38.5 Å². The fourth-order valence-corrected chi connectivity index (χ4v) is 4.60. The van der Waals surface area contributed by atoms with Gasteiger partial charge in [-0.15, -0.1) is 0 Å². The van der Waals surface area contributed by atoms with Gasteiger partial charge in [0.25, 0.3) is 0 Å². The molecule has 3 amide bonds. The molecule has 6 nitrogen and oxygen atoms in total. The summed E-state index contributed by atoms with van der Waals surface area (Å²) in [7, 11) is 0. The van der Waals surface area contributed by atoms with Crippen LogP contribution >= 0.6 is 0 Å². The van der Waals surface area contributed by atoms with Crippen molar-refractivity contribution in [3.63, 3.8) is 0 Å². The first kappa shape index (κ1) is 23.3. The van der Waals surface area contributed by atoms with Crippen LogP contribution in [0.15, 0.2) is 30.3 Å². The Hall–Kier alpha value is -2.37. The van der Waals surface area contributed by atoms with Crippen LogP contribution in [0.1, 0.15) is 70.4 Å². The average Bonchev–Trinajstić information content (AvgIpc) is 3.06. The summed E-state index contributed by atoms with van der Waals surface area (Å²) in [6.45, 7) is 6.85. The average molecular weight is 428 g/mol. The molecule has 170 valence electrons. The van der Waals surface area contributed by atoms with Gasteiger partial charge in [-0.25, -0.2) is 0 Å². The van der Waals surface area contributed by atoms with Crippen molar-refractivity contribution >= 4 is 17.7 Å². The Bertz CT molecular complexity index is 734. The van der Waals surface area contributed by atoms with Crippen molar-refractivity contribution in [2.45, 2.75) is 64.8 Å². The van der Waals surface area contributed by atoms with Gasteiger partial charge in [0.1, 0.15) is 6.04 Å². The summed E-state index contributed by atoms with van der Waals surface area (Å²) in [5, 5.41) is 2.95. The maximum absolute atomic E-state index is 13.4. The molecule has 1 aromatic carbocycles.